The molecule has 116 valence electrons. The van der Waals surface area contributed by atoms with Crippen LogP contribution in [0, 0.1) is 13.8 Å². The quantitative estimate of drug-likeness (QED) is 0.507. The third-order valence-electron chi connectivity index (χ3n) is 3.75. The fourth-order valence-electron chi connectivity index (χ4n) is 2.60. The number of benzene rings is 2. The van der Waals surface area contributed by atoms with Crippen molar-refractivity contribution in [2.24, 2.45) is 4.99 Å². The molecule has 2 nitrogen and oxygen atoms in total. The summed E-state index contributed by atoms with van der Waals surface area (Å²) in [5, 5.41) is 1.38. The Bertz CT molecular complexity index is 862. The van der Waals surface area contributed by atoms with E-state index in [1.807, 2.05) is 54.7 Å². The SMILES string of the molecule is Cc1cc(C=Nc2ccccc2Cl)c(C)n1-c1ccc(Cl)cc1. The van der Waals surface area contributed by atoms with Crippen molar-refractivity contribution < 1.29 is 0 Å². The molecule has 0 spiro atoms. The van der Waals surface area contributed by atoms with Crippen molar-refractivity contribution in [3.8, 4) is 5.69 Å². The molecule has 3 rings (SSSR count). The van der Waals surface area contributed by atoms with Gasteiger partial charge in [0.25, 0.3) is 0 Å². The molecular weight excluding hydrogens is 327 g/mol. The van der Waals surface area contributed by atoms with E-state index in [-0.39, 0.29) is 0 Å². The largest absolute Gasteiger partial charge is 0.318 e. The number of para-hydroxylation sites is 1. The van der Waals surface area contributed by atoms with Crippen LogP contribution in [0.1, 0.15) is 17.0 Å². The van der Waals surface area contributed by atoms with Crippen LogP contribution in [0.5, 0.6) is 0 Å². The molecule has 0 radical (unpaired) electrons. The fourth-order valence-corrected chi connectivity index (χ4v) is 2.91. The van der Waals surface area contributed by atoms with Crippen LogP contribution in [0.15, 0.2) is 59.6 Å². The zero-order valence-corrected chi connectivity index (χ0v) is 14.4. The lowest BCUT2D eigenvalue weighted by Crippen LogP contribution is -1.99. The molecular formula is C19H16Cl2N2. The highest BCUT2D eigenvalue weighted by Gasteiger charge is 2.09. The molecule has 0 fully saturated rings. The van der Waals surface area contributed by atoms with Gasteiger partial charge in [-0.05, 0) is 56.3 Å². The zero-order valence-electron chi connectivity index (χ0n) is 12.9. The van der Waals surface area contributed by atoms with E-state index in [0.717, 1.165) is 33.3 Å². The number of rotatable bonds is 3. The van der Waals surface area contributed by atoms with E-state index in [1.54, 1.807) is 0 Å². The Kier molecular flexibility index (Phi) is 4.56. The van der Waals surface area contributed by atoms with Crippen molar-refractivity contribution in [3.05, 3.63) is 81.6 Å². The molecule has 0 saturated carbocycles. The zero-order chi connectivity index (χ0) is 16.4. The summed E-state index contributed by atoms with van der Waals surface area (Å²) in [6.45, 7) is 4.16. The third-order valence-corrected chi connectivity index (χ3v) is 4.32. The van der Waals surface area contributed by atoms with Gasteiger partial charge in [-0.1, -0.05) is 35.3 Å². The summed E-state index contributed by atoms with van der Waals surface area (Å²) in [4.78, 5) is 4.51. The number of hydrogen-bond acceptors (Lipinski definition) is 1. The number of halogens is 2. The van der Waals surface area contributed by atoms with Crippen LogP contribution in [0.25, 0.3) is 5.69 Å². The van der Waals surface area contributed by atoms with E-state index in [2.05, 4.69) is 29.5 Å². The first kappa shape index (κ1) is 15.9. The fraction of sp³-hybridized carbons (Fsp3) is 0.105. The smallest absolute Gasteiger partial charge is 0.0816 e. The lowest BCUT2D eigenvalue weighted by molar-refractivity contribution is 0.965. The van der Waals surface area contributed by atoms with Crippen LogP contribution in [0.2, 0.25) is 10.0 Å². The molecule has 0 saturated heterocycles. The van der Waals surface area contributed by atoms with Gasteiger partial charge in [-0.25, -0.2) is 0 Å². The lowest BCUT2D eigenvalue weighted by Gasteiger charge is -2.09. The molecule has 23 heavy (non-hydrogen) atoms. The van der Waals surface area contributed by atoms with Crippen LogP contribution in [-0.4, -0.2) is 10.8 Å². The van der Waals surface area contributed by atoms with Crippen molar-refractivity contribution >= 4 is 35.1 Å². The maximum atomic E-state index is 6.15. The number of aromatic nitrogens is 1. The maximum Gasteiger partial charge on any atom is 0.0816 e. The van der Waals surface area contributed by atoms with Gasteiger partial charge < -0.3 is 4.57 Å². The Morgan fingerprint density at radius 3 is 2.35 bits per heavy atom. The van der Waals surface area contributed by atoms with Gasteiger partial charge >= 0.3 is 0 Å². The van der Waals surface area contributed by atoms with Gasteiger partial charge in [0.15, 0.2) is 0 Å². The minimum atomic E-state index is 0.648. The Balaban J connectivity index is 1.98. The molecule has 0 bridgehead atoms. The highest BCUT2D eigenvalue weighted by atomic mass is 35.5. The highest BCUT2D eigenvalue weighted by molar-refractivity contribution is 6.33. The second kappa shape index (κ2) is 6.61. The van der Waals surface area contributed by atoms with Gasteiger partial charge in [0.05, 0.1) is 10.7 Å². The first-order chi connectivity index (χ1) is 11.1. The average Bonchev–Trinajstić information content (AvgIpc) is 2.82. The van der Waals surface area contributed by atoms with Gasteiger partial charge in [-0.3, -0.25) is 4.99 Å². The maximum absolute atomic E-state index is 6.15. The molecule has 0 aliphatic carbocycles. The van der Waals surface area contributed by atoms with Gasteiger partial charge in [0.1, 0.15) is 0 Å². The molecule has 0 aliphatic heterocycles. The van der Waals surface area contributed by atoms with Crippen molar-refractivity contribution in [3.63, 3.8) is 0 Å². The van der Waals surface area contributed by atoms with Gasteiger partial charge in [0, 0.05) is 33.9 Å². The minimum Gasteiger partial charge on any atom is -0.318 e. The van der Waals surface area contributed by atoms with Crippen LogP contribution < -0.4 is 0 Å². The van der Waals surface area contributed by atoms with E-state index < -0.39 is 0 Å². The summed E-state index contributed by atoms with van der Waals surface area (Å²) in [6.07, 6.45) is 1.86. The predicted molar refractivity (Wildman–Crippen MR) is 99.0 cm³/mol. The molecule has 3 aromatic rings. The topological polar surface area (TPSA) is 17.3 Å². The summed E-state index contributed by atoms with van der Waals surface area (Å²) in [5.41, 5.74) is 5.19. The number of aliphatic imine (C=N–C) groups is 1. The van der Waals surface area contributed by atoms with Crippen molar-refractivity contribution in [1.82, 2.24) is 4.57 Å². The van der Waals surface area contributed by atoms with Gasteiger partial charge in [0.2, 0.25) is 0 Å². The number of hydrogen-bond donors (Lipinski definition) is 0. The van der Waals surface area contributed by atoms with Crippen LogP contribution in [-0.2, 0) is 0 Å². The first-order valence-electron chi connectivity index (χ1n) is 7.30. The molecule has 0 aliphatic rings. The van der Waals surface area contributed by atoms with Crippen LogP contribution in [0.4, 0.5) is 5.69 Å². The first-order valence-corrected chi connectivity index (χ1v) is 8.05. The number of nitrogens with zero attached hydrogens (tertiary/aromatic N) is 2. The Labute approximate surface area is 146 Å². The molecule has 0 amide bonds. The summed E-state index contributed by atoms with van der Waals surface area (Å²) in [5.74, 6) is 0. The monoisotopic (exact) mass is 342 g/mol. The van der Waals surface area contributed by atoms with E-state index in [1.165, 1.54) is 0 Å². The molecule has 0 N–H and O–H groups in total. The van der Waals surface area contributed by atoms with Crippen molar-refractivity contribution in [1.29, 1.82) is 0 Å². The Hall–Kier alpha value is -2.03. The molecule has 4 heteroatoms. The third kappa shape index (κ3) is 3.34. The molecule has 1 heterocycles. The van der Waals surface area contributed by atoms with Gasteiger partial charge in [-0.15, -0.1) is 0 Å². The van der Waals surface area contributed by atoms with E-state index >= 15 is 0 Å². The Morgan fingerprint density at radius 2 is 1.65 bits per heavy atom. The molecule has 1 aromatic heterocycles. The normalized spacial score (nSPS) is 11.3. The molecule has 0 atom stereocenters. The van der Waals surface area contributed by atoms with Crippen molar-refractivity contribution in [2.75, 3.05) is 0 Å². The summed E-state index contributed by atoms with van der Waals surface area (Å²) in [6, 6.07) is 17.5. The highest BCUT2D eigenvalue weighted by Crippen LogP contribution is 2.25. The summed E-state index contributed by atoms with van der Waals surface area (Å²) in [7, 11) is 0. The second-order valence-corrected chi connectivity index (χ2v) is 6.19. The average molecular weight is 343 g/mol. The van der Waals surface area contributed by atoms with Crippen LogP contribution >= 0.6 is 23.2 Å². The van der Waals surface area contributed by atoms with E-state index in [0.29, 0.717) is 5.02 Å². The lowest BCUT2D eigenvalue weighted by atomic mass is 10.2. The van der Waals surface area contributed by atoms with Crippen molar-refractivity contribution in [2.45, 2.75) is 13.8 Å². The Morgan fingerprint density at radius 1 is 0.957 bits per heavy atom. The predicted octanol–water partition coefficient (Wildman–Crippen LogP) is 6.15. The standard InChI is InChI=1S/C19H16Cl2N2/c1-13-11-15(12-22-19-6-4-3-5-18(19)21)14(2)23(13)17-9-7-16(20)8-10-17/h3-12H,1-2H3. The minimum absolute atomic E-state index is 0.648. The van der Waals surface area contributed by atoms with Crippen LogP contribution in [0.3, 0.4) is 0 Å². The van der Waals surface area contributed by atoms with E-state index in [4.69, 9.17) is 23.2 Å². The second-order valence-electron chi connectivity index (χ2n) is 5.35. The van der Waals surface area contributed by atoms with Gasteiger partial charge in [-0.2, -0.15) is 0 Å². The summed E-state index contributed by atoms with van der Waals surface area (Å²) >= 11 is 12.1. The summed E-state index contributed by atoms with van der Waals surface area (Å²) < 4.78 is 2.18. The van der Waals surface area contributed by atoms with E-state index in [9.17, 15) is 0 Å². The molecule has 0 unspecified atom stereocenters. The number of aryl methyl sites for hydroxylation is 1. The molecule has 2 aromatic carbocycles.